The van der Waals surface area contributed by atoms with Gasteiger partial charge in [0.2, 0.25) is 0 Å². The molecule has 5 rings (SSSR count). The summed E-state index contributed by atoms with van der Waals surface area (Å²) in [5.74, 6) is 3.06. The number of amides is 2. The molecule has 0 saturated carbocycles. The Balaban J connectivity index is 1.32. The maximum Gasteiger partial charge on any atom is 0.323 e. The average molecular weight is 591 g/mol. The van der Waals surface area contributed by atoms with Crippen LogP contribution in [0.3, 0.4) is 0 Å². The lowest BCUT2D eigenvalue weighted by Gasteiger charge is -2.23. The van der Waals surface area contributed by atoms with Crippen molar-refractivity contribution in [2.45, 2.75) is 32.6 Å². The molecular weight excluding hydrogens is 552 g/mol. The molecule has 0 fully saturated rings. The molecule has 3 N–H and O–H groups in total. The first-order chi connectivity index (χ1) is 21.2. The van der Waals surface area contributed by atoms with E-state index in [1.807, 2.05) is 78.9 Å². The van der Waals surface area contributed by atoms with Crippen LogP contribution in [0.25, 0.3) is 10.8 Å². The van der Waals surface area contributed by atoms with Crippen molar-refractivity contribution < 1.29 is 19.0 Å². The highest BCUT2D eigenvalue weighted by molar-refractivity contribution is 6.08. The third kappa shape index (κ3) is 7.21. The van der Waals surface area contributed by atoms with Crippen molar-refractivity contribution in [3.63, 3.8) is 0 Å². The van der Waals surface area contributed by atoms with Crippen LogP contribution in [0.4, 0.5) is 22.0 Å². The van der Waals surface area contributed by atoms with E-state index < -0.39 is 6.03 Å². The summed E-state index contributed by atoms with van der Waals surface area (Å²) in [6.45, 7) is 7.06. The second kappa shape index (κ2) is 13.4. The van der Waals surface area contributed by atoms with Gasteiger partial charge in [-0.15, -0.1) is 0 Å². The zero-order valence-electron chi connectivity index (χ0n) is 25.7. The van der Waals surface area contributed by atoms with Crippen molar-refractivity contribution in [1.29, 1.82) is 0 Å². The number of carbonyl (C=O) groups excluding carboxylic acids is 1. The second-order valence-electron chi connectivity index (χ2n) is 11.4. The lowest BCUT2D eigenvalue weighted by atomic mass is 9.86. The number of hydrogen-bond acceptors (Lipinski definition) is 6. The van der Waals surface area contributed by atoms with Gasteiger partial charge in [0.25, 0.3) is 0 Å². The van der Waals surface area contributed by atoms with Gasteiger partial charge in [0.1, 0.15) is 17.3 Å². The number of pyridine rings is 1. The molecule has 226 valence electrons. The molecule has 4 aromatic carbocycles. The molecule has 0 atom stereocenters. The van der Waals surface area contributed by atoms with E-state index in [4.69, 9.17) is 14.2 Å². The standard InChI is InChI=1S/C36H38N4O4/c1-36(2,3)25-21-30(34(43-5)32(22-25)42-4)40-35(41)39-29-15-16-31(28-14-10-9-13-27(28)29)44-26-18-20-38-33(23-26)37-19-17-24-11-7-6-8-12-24/h6-16,18,20-23H,17,19H2,1-5H3,(H,37,38)(H2,39,40,41). The van der Waals surface area contributed by atoms with Crippen LogP contribution in [0.2, 0.25) is 0 Å². The summed E-state index contributed by atoms with van der Waals surface area (Å²) in [4.78, 5) is 17.7. The van der Waals surface area contributed by atoms with Crippen LogP contribution in [0.1, 0.15) is 31.9 Å². The summed E-state index contributed by atoms with van der Waals surface area (Å²) in [7, 11) is 3.13. The maximum atomic E-state index is 13.3. The predicted octanol–water partition coefficient (Wildman–Crippen LogP) is 8.64. The van der Waals surface area contributed by atoms with E-state index in [9.17, 15) is 4.79 Å². The lowest BCUT2D eigenvalue weighted by molar-refractivity contribution is 0.262. The molecule has 1 aromatic heterocycles. The second-order valence-corrected chi connectivity index (χ2v) is 11.4. The molecule has 0 radical (unpaired) electrons. The molecule has 5 aromatic rings. The van der Waals surface area contributed by atoms with Gasteiger partial charge >= 0.3 is 6.03 Å². The molecule has 0 aliphatic heterocycles. The molecule has 8 heteroatoms. The van der Waals surface area contributed by atoms with Crippen molar-refractivity contribution in [3.8, 4) is 23.0 Å². The van der Waals surface area contributed by atoms with E-state index in [0.717, 1.165) is 35.1 Å². The fraction of sp³-hybridized carbons (Fsp3) is 0.222. The quantitative estimate of drug-likeness (QED) is 0.151. The summed E-state index contributed by atoms with van der Waals surface area (Å²) >= 11 is 0. The Morgan fingerprint density at radius 1 is 0.773 bits per heavy atom. The van der Waals surface area contributed by atoms with Crippen molar-refractivity contribution in [2.75, 3.05) is 36.7 Å². The van der Waals surface area contributed by atoms with Gasteiger partial charge in [-0.1, -0.05) is 75.4 Å². The van der Waals surface area contributed by atoms with Gasteiger partial charge < -0.3 is 30.2 Å². The zero-order chi connectivity index (χ0) is 31.1. The number of aromatic nitrogens is 1. The maximum absolute atomic E-state index is 13.3. The Bertz CT molecular complexity index is 1750. The molecule has 1 heterocycles. The van der Waals surface area contributed by atoms with Crippen LogP contribution >= 0.6 is 0 Å². The number of anilines is 3. The predicted molar refractivity (Wildman–Crippen MR) is 178 cm³/mol. The van der Waals surface area contributed by atoms with Crippen LogP contribution < -0.4 is 30.2 Å². The van der Waals surface area contributed by atoms with Crippen LogP contribution in [0.15, 0.2) is 97.2 Å². The molecule has 0 saturated heterocycles. The van der Waals surface area contributed by atoms with Crippen LogP contribution in [0, 0.1) is 0 Å². The van der Waals surface area contributed by atoms with E-state index in [-0.39, 0.29) is 5.41 Å². The highest BCUT2D eigenvalue weighted by Gasteiger charge is 2.21. The van der Waals surface area contributed by atoms with E-state index >= 15 is 0 Å². The van der Waals surface area contributed by atoms with Crippen LogP contribution in [0.5, 0.6) is 23.0 Å². The molecule has 0 spiro atoms. The van der Waals surface area contributed by atoms with E-state index in [2.05, 4.69) is 53.8 Å². The minimum Gasteiger partial charge on any atom is -0.493 e. The summed E-state index contributed by atoms with van der Waals surface area (Å²) in [6, 6.07) is 28.9. The van der Waals surface area contributed by atoms with Gasteiger partial charge in [-0.05, 0) is 53.3 Å². The van der Waals surface area contributed by atoms with Crippen molar-refractivity contribution in [3.05, 3.63) is 108 Å². The highest BCUT2D eigenvalue weighted by atomic mass is 16.5. The molecule has 2 amide bonds. The zero-order valence-corrected chi connectivity index (χ0v) is 25.7. The molecule has 0 unspecified atom stereocenters. The van der Waals surface area contributed by atoms with Crippen LogP contribution in [-0.2, 0) is 11.8 Å². The smallest absolute Gasteiger partial charge is 0.323 e. The first-order valence-corrected chi connectivity index (χ1v) is 14.5. The topological polar surface area (TPSA) is 93.7 Å². The van der Waals surface area contributed by atoms with Gasteiger partial charge in [0.05, 0.1) is 25.6 Å². The van der Waals surface area contributed by atoms with Gasteiger partial charge in [-0.2, -0.15) is 0 Å². The van der Waals surface area contributed by atoms with Crippen molar-refractivity contribution in [1.82, 2.24) is 4.98 Å². The van der Waals surface area contributed by atoms with Gasteiger partial charge in [-0.25, -0.2) is 9.78 Å². The third-order valence-corrected chi connectivity index (χ3v) is 7.25. The van der Waals surface area contributed by atoms with Crippen LogP contribution in [-0.4, -0.2) is 31.8 Å². The third-order valence-electron chi connectivity index (χ3n) is 7.25. The molecule has 0 aliphatic rings. The summed E-state index contributed by atoms with van der Waals surface area (Å²) in [5.41, 5.74) is 3.26. The Morgan fingerprint density at radius 3 is 2.23 bits per heavy atom. The first-order valence-electron chi connectivity index (χ1n) is 14.5. The van der Waals surface area contributed by atoms with Crippen molar-refractivity contribution in [2.24, 2.45) is 0 Å². The number of rotatable bonds is 10. The van der Waals surface area contributed by atoms with E-state index in [0.29, 0.717) is 34.4 Å². The minimum absolute atomic E-state index is 0.160. The van der Waals surface area contributed by atoms with Gasteiger partial charge in [0, 0.05) is 29.6 Å². The first kappa shape index (κ1) is 30.2. The fourth-order valence-corrected chi connectivity index (χ4v) is 4.91. The number of urea groups is 1. The number of methoxy groups -OCH3 is 2. The van der Waals surface area contributed by atoms with E-state index in [1.165, 1.54) is 5.56 Å². The number of nitrogens with zero attached hydrogens (tertiary/aromatic N) is 1. The number of ether oxygens (including phenoxy) is 3. The monoisotopic (exact) mass is 590 g/mol. The summed E-state index contributed by atoms with van der Waals surface area (Å²) in [5, 5.41) is 11.0. The molecular formula is C36H38N4O4. The number of nitrogens with one attached hydrogen (secondary N) is 3. The minimum atomic E-state index is -0.407. The van der Waals surface area contributed by atoms with Gasteiger partial charge in [-0.3, -0.25) is 0 Å². The largest absolute Gasteiger partial charge is 0.493 e. The van der Waals surface area contributed by atoms with Crippen molar-refractivity contribution >= 4 is 34.0 Å². The fourth-order valence-electron chi connectivity index (χ4n) is 4.91. The normalized spacial score (nSPS) is 11.1. The number of hydrogen-bond donors (Lipinski definition) is 3. The number of benzene rings is 4. The van der Waals surface area contributed by atoms with E-state index in [1.54, 1.807) is 20.4 Å². The summed E-state index contributed by atoms with van der Waals surface area (Å²) in [6.07, 6.45) is 2.61. The molecule has 8 nitrogen and oxygen atoms in total. The number of carbonyl (C=O) groups is 1. The Hall–Kier alpha value is -5.24. The summed E-state index contributed by atoms with van der Waals surface area (Å²) < 4.78 is 17.5. The Labute approximate surface area is 258 Å². The number of fused-ring (bicyclic) bond motifs is 1. The average Bonchev–Trinajstić information content (AvgIpc) is 3.02. The highest BCUT2D eigenvalue weighted by Crippen LogP contribution is 2.40. The lowest BCUT2D eigenvalue weighted by Crippen LogP contribution is -2.21. The molecule has 44 heavy (non-hydrogen) atoms. The Kier molecular flexibility index (Phi) is 9.19. The molecule has 0 bridgehead atoms. The molecule has 0 aliphatic carbocycles. The SMILES string of the molecule is COc1cc(C(C)(C)C)cc(NC(=O)Nc2ccc(Oc3ccnc(NCCc4ccccc4)c3)c3ccccc23)c1OC. The Morgan fingerprint density at radius 2 is 1.50 bits per heavy atom. The van der Waals surface area contributed by atoms with Gasteiger partial charge in [0.15, 0.2) is 11.5 Å².